The van der Waals surface area contributed by atoms with Crippen molar-refractivity contribution in [2.24, 2.45) is 0 Å². The lowest BCUT2D eigenvalue weighted by Crippen LogP contribution is -1.94. The fourth-order valence-electron chi connectivity index (χ4n) is 1.18. The lowest BCUT2D eigenvalue weighted by atomic mass is 10.3. The summed E-state index contributed by atoms with van der Waals surface area (Å²) in [6.45, 7) is 0.234. The molecule has 2 aromatic rings. The summed E-state index contributed by atoms with van der Waals surface area (Å²) >= 11 is 6.90. The van der Waals surface area contributed by atoms with Crippen LogP contribution in [0.4, 0.5) is 0 Å². The van der Waals surface area contributed by atoms with Gasteiger partial charge in [0.1, 0.15) is 22.2 Å². The topological polar surface area (TPSA) is 59.4 Å². The molecule has 0 aliphatic heterocycles. The third-order valence-corrected chi connectivity index (χ3v) is 3.12. The van der Waals surface area contributed by atoms with E-state index in [9.17, 15) is 4.79 Å². The van der Waals surface area contributed by atoms with E-state index in [2.05, 4.69) is 4.98 Å². The van der Waals surface area contributed by atoms with E-state index in [0.717, 1.165) is 11.3 Å². The van der Waals surface area contributed by atoms with Crippen LogP contribution in [-0.4, -0.2) is 16.1 Å². The number of thiazole rings is 1. The zero-order valence-electron chi connectivity index (χ0n) is 8.59. The lowest BCUT2D eigenvalue weighted by Gasteiger charge is -2.03. The van der Waals surface area contributed by atoms with E-state index in [4.69, 9.17) is 21.4 Å². The number of carbonyl (C=O) groups is 1. The fraction of sp³-hybridized carbons (Fsp3) is 0.0909. The molecule has 0 saturated heterocycles. The number of carboxylic acid groups (broad SMARTS) is 1. The van der Waals surface area contributed by atoms with Crippen LogP contribution < -0.4 is 4.74 Å². The molecular formula is C11H8ClNO3S. The Labute approximate surface area is 106 Å². The molecule has 88 valence electrons. The van der Waals surface area contributed by atoms with Gasteiger partial charge >= 0.3 is 5.97 Å². The Balaban J connectivity index is 2.00. The van der Waals surface area contributed by atoms with Crippen molar-refractivity contribution in [1.29, 1.82) is 0 Å². The smallest absolute Gasteiger partial charge is 0.347 e. The first-order valence-corrected chi connectivity index (χ1v) is 5.91. The maximum Gasteiger partial charge on any atom is 0.347 e. The molecule has 0 amide bonds. The molecule has 0 fully saturated rings. The third kappa shape index (κ3) is 3.18. The molecule has 1 aromatic carbocycles. The summed E-state index contributed by atoms with van der Waals surface area (Å²) in [6.07, 6.45) is 1.32. The van der Waals surface area contributed by atoms with Gasteiger partial charge in [0, 0.05) is 5.02 Å². The van der Waals surface area contributed by atoms with E-state index in [1.54, 1.807) is 24.3 Å². The van der Waals surface area contributed by atoms with Crippen molar-refractivity contribution in [1.82, 2.24) is 4.98 Å². The molecular weight excluding hydrogens is 262 g/mol. The number of rotatable bonds is 4. The quantitative estimate of drug-likeness (QED) is 0.927. The molecule has 0 aliphatic rings. The maximum atomic E-state index is 10.6. The van der Waals surface area contributed by atoms with Crippen molar-refractivity contribution < 1.29 is 14.6 Å². The number of aromatic carboxylic acids is 1. The Morgan fingerprint density at radius 3 is 3.00 bits per heavy atom. The largest absolute Gasteiger partial charge is 0.486 e. The Kier molecular flexibility index (Phi) is 3.61. The minimum absolute atomic E-state index is 0.203. The van der Waals surface area contributed by atoms with Crippen molar-refractivity contribution in [2.45, 2.75) is 6.61 Å². The first kappa shape index (κ1) is 11.9. The van der Waals surface area contributed by atoms with Gasteiger partial charge < -0.3 is 9.84 Å². The van der Waals surface area contributed by atoms with Gasteiger partial charge in [-0.1, -0.05) is 17.7 Å². The third-order valence-electron chi connectivity index (χ3n) is 1.92. The summed E-state index contributed by atoms with van der Waals surface area (Å²) in [5, 5.41) is 9.94. The Morgan fingerprint density at radius 2 is 2.35 bits per heavy atom. The SMILES string of the molecule is O=C(O)c1cnc(COc2cccc(Cl)c2)s1. The molecule has 0 radical (unpaired) electrons. The average Bonchev–Trinajstić information content (AvgIpc) is 2.75. The molecule has 0 unspecified atom stereocenters. The van der Waals surface area contributed by atoms with Crippen molar-refractivity contribution in [3.63, 3.8) is 0 Å². The normalized spacial score (nSPS) is 10.2. The maximum absolute atomic E-state index is 10.6. The van der Waals surface area contributed by atoms with Crippen molar-refractivity contribution in [3.05, 3.63) is 45.4 Å². The number of hydrogen-bond acceptors (Lipinski definition) is 4. The molecule has 0 aliphatic carbocycles. The van der Waals surface area contributed by atoms with E-state index in [-0.39, 0.29) is 11.5 Å². The van der Waals surface area contributed by atoms with Crippen LogP contribution in [0.2, 0.25) is 5.02 Å². The van der Waals surface area contributed by atoms with Gasteiger partial charge in [-0.25, -0.2) is 9.78 Å². The highest BCUT2D eigenvalue weighted by molar-refractivity contribution is 7.13. The van der Waals surface area contributed by atoms with Crippen molar-refractivity contribution >= 4 is 28.9 Å². The van der Waals surface area contributed by atoms with Crippen LogP contribution >= 0.6 is 22.9 Å². The first-order chi connectivity index (χ1) is 8.15. The summed E-state index contributed by atoms with van der Waals surface area (Å²) in [7, 11) is 0. The van der Waals surface area contributed by atoms with Crippen molar-refractivity contribution in [3.8, 4) is 5.75 Å². The first-order valence-electron chi connectivity index (χ1n) is 4.71. The summed E-state index contributed by atoms with van der Waals surface area (Å²) in [4.78, 5) is 14.8. The predicted octanol–water partition coefficient (Wildman–Crippen LogP) is 3.07. The van der Waals surface area contributed by atoms with Crippen LogP contribution in [-0.2, 0) is 6.61 Å². The van der Waals surface area contributed by atoms with E-state index >= 15 is 0 Å². The number of nitrogens with zero attached hydrogens (tertiary/aromatic N) is 1. The lowest BCUT2D eigenvalue weighted by molar-refractivity contribution is 0.0702. The monoisotopic (exact) mass is 269 g/mol. The van der Waals surface area contributed by atoms with Gasteiger partial charge in [0.05, 0.1) is 6.20 Å². The highest BCUT2D eigenvalue weighted by atomic mass is 35.5. The Bertz CT molecular complexity index is 541. The second-order valence-electron chi connectivity index (χ2n) is 3.17. The van der Waals surface area contributed by atoms with Gasteiger partial charge in [-0.2, -0.15) is 0 Å². The Morgan fingerprint density at radius 1 is 1.53 bits per heavy atom. The predicted molar refractivity (Wildman–Crippen MR) is 64.9 cm³/mol. The second kappa shape index (κ2) is 5.16. The van der Waals surface area contributed by atoms with Gasteiger partial charge in [0.15, 0.2) is 0 Å². The van der Waals surface area contributed by atoms with Crippen LogP contribution in [0.5, 0.6) is 5.75 Å². The standard InChI is InChI=1S/C11H8ClNO3S/c12-7-2-1-3-8(4-7)16-6-10-13-5-9(17-10)11(14)15/h1-5H,6H2,(H,14,15). The summed E-state index contributed by atoms with van der Waals surface area (Å²) in [5.41, 5.74) is 0. The number of ether oxygens (including phenoxy) is 1. The van der Waals surface area contributed by atoms with Crippen LogP contribution in [0.15, 0.2) is 30.5 Å². The van der Waals surface area contributed by atoms with Crippen molar-refractivity contribution in [2.75, 3.05) is 0 Å². The minimum Gasteiger partial charge on any atom is -0.486 e. The molecule has 0 atom stereocenters. The van der Waals surface area contributed by atoms with E-state index < -0.39 is 5.97 Å². The molecule has 17 heavy (non-hydrogen) atoms. The number of aromatic nitrogens is 1. The van der Waals surface area contributed by atoms with Gasteiger partial charge in [-0.05, 0) is 18.2 Å². The number of hydrogen-bond donors (Lipinski definition) is 1. The molecule has 0 spiro atoms. The molecule has 1 heterocycles. The molecule has 1 aromatic heterocycles. The van der Waals surface area contributed by atoms with Gasteiger partial charge in [0.25, 0.3) is 0 Å². The summed E-state index contributed by atoms with van der Waals surface area (Å²) in [5.74, 6) is -0.346. The highest BCUT2D eigenvalue weighted by Crippen LogP contribution is 2.20. The molecule has 0 saturated carbocycles. The van der Waals surface area contributed by atoms with E-state index in [0.29, 0.717) is 15.8 Å². The molecule has 0 bridgehead atoms. The molecule has 1 N–H and O–H groups in total. The molecule has 2 rings (SSSR count). The zero-order valence-corrected chi connectivity index (χ0v) is 10.2. The minimum atomic E-state index is -0.975. The molecule has 6 heteroatoms. The van der Waals surface area contributed by atoms with E-state index in [1.165, 1.54) is 6.20 Å². The summed E-state index contributed by atoms with van der Waals surface area (Å²) < 4.78 is 5.44. The summed E-state index contributed by atoms with van der Waals surface area (Å²) in [6, 6.07) is 6.99. The van der Waals surface area contributed by atoms with Crippen LogP contribution in [0.25, 0.3) is 0 Å². The van der Waals surface area contributed by atoms with Crippen LogP contribution in [0.1, 0.15) is 14.7 Å². The highest BCUT2D eigenvalue weighted by Gasteiger charge is 2.08. The van der Waals surface area contributed by atoms with E-state index in [1.807, 2.05) is 0 Å². The second-order valence-corrected chi connectivity index (χ2v) is 4.72. The van der Waals surface area contributed by atoms with Crippen LogP contribution in [0, 0.1) is 0 Å². The van der Waals surface area contributed by atoms with Crippen LogP contribution in [0.3, 0.4) is 0 Å². The number of carboxylic acids is 1. The fourth-order valence-corrected chi connectivity index (χ4v) is 2.03. The average molecular weight is 270 g/mol. The van der Waals surface area contributed by atoms with Gasteiger partial charge in [-0.15, -0.1) is 11.3 Å². The Hall–Kier alpha value is -1.59. The number of benzene rings is 1. The number of halogens is 1. The zero-order chi connectivity index (χ0) is 12.3. The molecule has 4 nitrogen and oxygen atoms in total. The van der Waals surface area contributed by atoms with Gasteiger partial charge in [0.2, 0.25) is 0 Å². The van der Waals surface area contributed by atoms with Gasteiger partial charge in [-0.3, -0.25) is 0 Å².